The van der Waals surface area contributed by atoms with Crippen molar-refractivity contribution in [3.05, 3.63) is 59.7 Å². The Balaban J connectivity index is 1.74. The summed E-state index contributed by atoms with van der Waals surface area (Å²) in [6.07, 6.45) is 13.7. The molecular formula is C25H37N2O4S2. The van der Waals surface area contributed by atoms with Crippen molar-refractivity contribution in [1.82, 2.24) is 9.66 Å². The standard InChI is InChI=1S/C25H37N2O4S2/c1-3-4-5-6-7-8-9-10-11-12-13-23-16-20-25(21-17-23)33(30,31)27-26-32(28,29)24-18-14-22(2)15-19-24/h14-21,27H,3-13H2,1-2H3. The normalized spacial score (nSPS) is 12.2. The van der Waals surface area contributed by atoms with Gasteiger partial charge in [-0.25, -0.2) is 16.8 Å². The Labute approximate surface area is 200 Å². The highest BCUT2D eigenvalue weighted by Gasteiger charge is 2.21. The highest BCUT2D eigenvalue weighted by atomic mass is 32.2. The van der Waals surface area contributed by atoms with Crippen LogP contribution in [0.3, 0.4) is 0 Å². The topological polar surface area (TPSA) is 94.4 Å². The lowest BCUT2D eigenvalue weighted by Gasteiger charge is -2.08. The molecule has 0 saturated heterocycles. The second-order valence-corrected chi connectivity index (χ2v) is 11.8. The molecule has 0 amide bonds. The zero-order chi connectivity index (χ0) is 24.2. The van der Waals surface area contributed by atoms with Crippen molar-refractivity contribution >= 4 is 20.0 Å². The minimum atomic E-state index is -4.12. The summed E-state index contributed by atoms with van der Waals surface area (Å²) >= 11 is 0. The van der Waals surface area contributed by atoms with Crippen molar-refractivity contribution in [1.29, 1.82) is 0 Å². The summed E-state index contributed by atoms with van der Waals surface area (Å²) in [7, 11) is -8.19. The first kappa shape index (κ1) is 27.5. The maximum atomic E-state index is 12.4. The molecule has 1 N–H and O–H groups in total. The lowest BCUT2D eigenvalue weighted by Crippen LogP contribution is -2.35. The number of benzene rings is 2. The molecule has 0 saturated carbocycles. The fourth-order valence-corrected chi connectivity index (χ4v) is 5.54. The molecule has 33 heavy (non-hydrogen) atoms. The van der Waals surface area contributed by atoms with E-state index < -0.39 is 20.0 Å². The summed E-state index contributed by atoms with van der Waals surface area (Å²) in [6.45, 7) is 4.07. The minimum absolute atomic E-state index is 0.0165. The number of unbranched alkanes of at least 4 members (excludes halogenated alkanes) is 9. The smallest absolute Gasteiger partial charge is 0.206 e. The van der Waals surface area contributed by atoms with Crippen LogP contribution in [-0.2, 0) is 26.5 Å². The maximum Gasteiger partial charge on any atom is 0.272 e. The molecule has 2 aromatic carbocycles. The van der Waals surface area contributed by atoms with Crippen molar-refractivity contribution in [3.8, 4) is 0 Å². The Morgan fingerprint density at radius 3 is 1.70 bits per heavy atom. The Bertz CT molecular complexity index is 1030. The molecule has 8 heteroatoms. The highest BCUT2D eigenvalue weighted by Crippen LogP contribution is 2.16. The molecule has 2 aromatic rings. The zero-order valence-electron chi connectivity index (χ0n) is 19.8. The number of rotatable bonds is 16. The Morgan fingerprint density at radius 1 is 0.667 bits per heavy atom. The molecule has 183 valence electrons. The molecule has 0 unspecified atom stereocenters. The summed E-state index contributed by atoms with van der Waals surface area (Å²) in [5.41, 5.74) is 1.96. The van der Waals surface area contributed by atoms with Crippen molar-refractivity contribution in [2.45, 2.75) is 94.3 Å². The first-order valence-corrected chi connectivity index (χ1v) is 14.8. The molecular weight excluding hydrogens is 456 g/mol. The van der Waals surface area contributed by atoms with Crippen molar-refractivity contribution in [2.24, 2.45) is 0 Å². The third kappa shape index (κ3) is 9.96. The van der Waals surface area contributed by atoms with Crippen LogP contribution in [0.4, 0.5) is 0 Å². The van der Waals surface area contributed by atoms with Crippen LogP contribution in [0.25, 0.3) is 0 Å². The number of hydrogen-bond donors (Lipinski definition) is 1. The van der Waals surface area contributed by atoms with Crippen LogP contribution < -0.4 is 9.66 Å². The van der Waals surface area contributed by atoms with Gasteiger partial charge in [0, 0.05) is 0 Å². The van der Waals surface area contributed by atoms with E-state index in [9.17, 15) is 16.8 Å². The average molecular weight is 494 g/mol. The minimum Gasteiger partial charge on any atom is -0.206 e. The van der Waals surface area contributed by atoms with Gasteiger partial charge in [-0.2, -0.15) is 0 Å². The van der Waals surface area contributed by atoms with Crippen LogP contribution in [0.15, 0.2) is 58.3 Å². The van der Waals surface area contributed by atoms with Crippen LogP contribution in [0, 0.1) is 6.92 Å². The first-order chi connectivity index (χ1) is 15.7. The average Bonchev–Trinajstić information content (AvgIpc) is 2.80. The fourth-order valence-electron chi connectivity index (χ4n) is 3.57. The van der Waals surface area contributed by atoms with Crippen LogP contribution >= 0.6 is 0 Å². The van der Waals surface area contributed by atoms with Crippen molar-refractivity contribution in [3.63, 3.8) is 0 Å². The largest absolute Gasteiger partial charge is 0.272 e. The van der Waals surface area contributed by atoms with Crippen molar-refractivity contribution in [2.75, 3.05) is 0 Å². The van der Waals surface area contributed by atoms with E-state index in [4.69, 9.17) is 0 Å². The van der Waals surface area contributed by atoms with E-state index in [-0.39, 0.29) is 9.79 Å². The second-order valence-electron chi connectivity index (χ2n) is 8.55. The van der Waals surface area contributed by atoms with Crippen LogP contribution in [0.2, 0.25) is 0 Å². The SMILES string of the molecule is CCCCCCCCCCCCc1ccc(S(=O)(=O)N[N]S(=O)(=O)c2ccc(C)cc2)cc1. The molecule has 0 fully saturated rings. The molecule has 2 rings (SSSR count). The summed E-state index contributed by atoms with van der Waals surface area (Å²) in [5.74, 6) is 0. The molecule has 0 bridgehead atoms. The quantitative estimate of drug-likeness (QED) is 0.242. The van der Waals surface area contributed by atoms with Gasteiger partial charge in [-0.3, -0.25) is 0 Å². The van der Waals surface area contributed by atoms with Gasteiger partial charge in [-0.15, -0.1) is 4.83 Å². The number of nitrogens with one attached hydrogen (secondary N) is 1. The summed E-state index contributed by atoms with van der Waals surface area (Å²) in [4.78, 5) is 5.03. The van der Waals surface area contributed by atoms with Gasteiger partial charge in [-0.05, 0) is 54.4 Å². The van der Waals surface area contributed by atoms with Crippen LogP contribution in [-0.4, -0.2) is 16.8 Å². The summed E-state index contributed by atoms with van der Waals surface area (Å²) < 4.78 is 49.4. The molecule has 0 aliphatic rings. The molecule has 0 spiro atoms. The van der Waals surface area contributed by atoms with Gasteiger partial charge >= 0.3 is 0 Å². The number of nitrogens with zero attached hydrogens (tertiary/aromatic N) is 1. The molecule has 0 aliphatic heterocycles. The van der Waals surface area contributed by atoms with Gasteiger partial charge in [0.1, 0.15) is 0 Å². The van der Waals surface area contributed by atoms with Gasteiger partial charge in [0.05, 0.1) is 9.79 Å². The number of aryl methyl sites for hydroxylation is 2. The lowest BCUT2D eigenvalue weighted by molar-refractivity contribution is 0.555. The van der Waals surface area contributed by atoms with E-state index in [1.54, 1.807) is 24.3 Å². The second kappa shape index (κ2) is 13.8. The van der Waals surface area contributed by atoms with E-state index in [1.165, 1.54) is 82.1 Å². The van der Waals surface area contributed by atoms with E-state index >= 15 is 0 Å². The van der Waals surface area contributed by atoms with E-state index in [2.05, 4.69) is 11.8 Å². The number of hydrogen-bond acceptors (Lipinski definition) is 4. The maximum absolute atomic E-state index is 12.4. The monoisotopic (exact) mass is 493 g/mol. The first-order valence-electron chi connectivity index (χ1n) is 11.9. The molecule has 6 nitrogen and oxygen atoms in total. The molecule has 0 atom stereocenters. The molecule has 0 aromatic heterocycles. The predicted octanol–water partition coefficient (Wildman–Crippen LogP) is 5.65. The number of sulfonamides is 2. The Kier molecular flexibility index (Phi) is 11.5. The molecule has 0 heterocycles. The third-order valence-corrected chi connectivity index (χ3v) is 8.19. The van der Waals surface area contributed by atoms with Gasteiger partial charge in [0.15, 0.2) is 0 Å². The predicted molar refractivity (Wildman–Crippen MR) is 133 cm³/mol. The van der Waals surface area contributed by atoms with Crippen LogP contribution in [0.5, 0.6) is 0 Å². The van der Waals surface area contributed by atoms with E-state index in [0.29, 0.717) is 0 Å². The Hall–Kier alpha value is -1.74. The Morgan fingerprint density at radius 2 is 1.15 bits per heavy atom. The van der Waals surface area contributed by atoms with Gasteiger partial charge in [0.2, 0.25) is 0 Å². The van der Waals surface area contributed by atoms with E-state index in [0.717, 1.165) is 24.0 Å². The van der Waals surface area contributed by atoms with Gasteiger partial charge in [-0.1, -0.05) is 94.5 Å². The fraction of sp³-hybridized carbons (Fsp3) is 0.520. The van der Waals surface area contributed by atoms with Gasteiger partial charge in [0.25, 0.3) is 20.0 Å². The van der Waals surface area contributed by atoms with Crippen molar-refractivity contribution < 1.29 is 16.8 Å². The lowest BCUT2D eigenvalue weighted by atomic mass is 10.0. The molecule has 1 radical (unpaired) electrons. The third-order valence-electron chi connectivity index (χ3n) is 5.65. The van der Waals surface area contributed by atoms with Crippen LogP contribution in [0.1, 0.15) is 82.3 Å². The zero-order valence-corrected chi connectivity index (χ0v) is 21.4. The summed E-state index contributed by atoms with van der Waals surface area (Å²) in [6, 6.07) is 12.6. The summed E-state index contributed by atoms with van der Waals surface area (Å²) in [5, 5.41) is 0. The van der Waals surface area contributed by atoms with E-state index in [1.807, 2.05) is 11.8 Å². The molecule has 0 aliphatic carbocycles. The highest BCUT2D eigenvalue weighted by molar-refractivity contribution is 7.92. The van der Waals surface area contributed by atoms with Gasteiger partial charge < -0.3 is 0 Å².